The number of hydrogen-bond acceptors (Lipinski definition) is 2. The molecule has 0 rings (SSSR count). The molecule has 0 fully saturated rings. The van der Waals surface area contributed by atoms with Crippen molar-refractivity contribution in [2.45, 2.75) is 13.8 Å². The molecule has 4 heteroatoms. The Balaban J connectivity index is 3.49. The van der Waals surface area contributed by atoms with Gasteiger partial charge in [0.15, 0.2) is 0 Å². The average Bonchev–Trinajstić information content (AvgIpc) is 1.85. The molecule has 0 radical (unpaired) electrons. The summed E-state index contributed by atoms with van der Waals surface area (Å²) in [5, 5.41) is 0. The van der Waals surface area contributed by atoms with Crippen LogP contribution < -0.4 is 0 Å². The Labute approximate surface area is 68.9 Å². The Morgan fingerprint density at radius 1 is 1.70 bits per heavy atom. The number of hydrogen-bond donors (Lipinski definition) is 0. The first kappa shape index (κ1) is 9.98. The van der Waals surface area contributed by atoms with Gasteiger partial charge in [-0.2, -0.15) is 0 Å². The van der Waals surface area contributed by atoms with E-state index in [4.69, 9.17) is 15.8 Å². The number of rotatable bonds is 4. The molecule has 10 heavy (non-hydrogen) atoms. The predicted octanol–water partition coefficient (Wildman–Crippen LogP) is 1.83. The smallest absolute Gasteiger partial charge is 0.207 e. The zero-order valence-corrected chi connectivity index (χ0v) is 7.67. The molecule has 0 aromatic rings. The fourth-order valence-electron chi connectivity index (χ4n) is 0.261. The van der Waals surface area contributed by atoms with E-state index in [-0.39, 0.29) is 0 Å². The lowest BCUT2D eigenvalue weighted by Gasteiger charge is -1.96. The van der Waals surface area contributed by atoms with Crippen LogP contribution in [0.25, 0.3) is 0 Å². The minimum Gasteiger partial charge on any atom is -0.409 e. The maximum absolute atomic E-state index is 10.7. The molecule has 0 aliphatic carbocycles. The molecule has 0 spiro atoms. The van der Waals surface area contributed by atoms with Crippen molar-refractivity contribution < 1.29 is 8.39 Å². The van der Waals surface area contributed by atoms with Crippen molar-refractivity contribution in [2.75, 3.05) is 11.6 Å². The van der Waals surface area contributed by atoms with Crippen LogP contribution in [0, 0.1) is 0 Å². The van der Waals surface area contributed by atoms with E-state index in [1.165, 1.54) is 6.26 Å². The Bertz CT molecular complexity index is 141. The second kappa shape index (κ2) is 5.74. The lowest BCUT2D eigenvalue weighted by Crippen LogP contribution is -1.98. The van der Waals surface area contributed by atoms with Gasteiger partial charge in [0.2, 0.25) is 11.1 Å². The first-order chi connectivity index (χ1) is 4.66. The second-order valence-electron chi connectivity index (χ2n) is 1.99. The van der Waals surface area contributed by atoms with Gasteiger partial charge in [0, 0.05) is 5.88 Å². The molecule has 0 saturated heterocycles. The van der Waals surface area contributed by atoms with Gasteiger partial charge in [-0.25, -0.2) is 4.21 Å². The summed E-state index contributed by atoms with van der Waals surface area (Å²) in [7, 11) is 0. The molecule has 0 amide bonds. The molecule has 2 nitrogen and oxygen atoms in total. The molecular weight excluding hydrogens is 172 g/mol. The van der Waals surface area contributed by atoms with Crippen LogP contribution in [-0.4, -0.2) is 15.8 Å². The Kier molecular flexibility index (Phi) is 5.73. The molecule has 0 aliphatic heterocycles. The molecule has 0 bridgehead atoms. The summed E-state index contributed by atoms with van der Waals surface area (Å²) in [6.07, 6.45) is 1.47. The summed E-state index contributed by atoms with van der Waals surface area (Å²) in [5.41, 5.74) is 0.989. The quantitative estimate of drug-likeness (QED) is 0.490. The Morgan fingerprint density at radius 2 is 2.30 bits per heavy atom. The first-order valence-electron chi connectivity index (χ1n) is 2.91. The fraction of sp³-hybridized carbons (Fsp3) is 0.667. The van der Waals surface area contributed by atoms with Crippen LogP contribution in [0.5, 0.6) is 0 Å². The lowest BCUT2D eigenvalue weighted by atomic mass is 10.4. The monoisotopic (exact) mass is 182 g/mol. The molecule has 1 unspecified atom stereocenters. The normalized spacial score (nSPS) is 12.3. The van der Waals surface area contributed by atoms with Crippen molar-refractivity contribution in [3.63, 3.8) is 0 Å². The maximum Gasteiger partial charge on any atom is 0.207 e. The number of alkyl halides is 1. The van der Waals surface area contributed by atoms with Gasteiger partial charge in [-0.1, -0.05) is 0 Å². The lowest BCUT2D eigenvalue weighted by molar-refractivity contribution is 0.501. The van der Waals surface area contributed by atoms with Crippen molar-refractivity contribution in [1.29, 1.82) is 0 Å². The maximum atomic E-state index is 10.7. The fourth-order valence-corrected chi connectivity index (χ4v) is 1.16. The van der Waals surface area contributed by atoms with Gasteiger partial charge in [-0.05, 0) is 19.4 Å². The molecule has 0 saturated carbocycles. The van der Waals surface area contributed by atoms with Gasteiger partial charge in [0.1, 0.15) is 6.26 Å². The van der Waals surface area contributed by atoms with Gasteiger partial charge in [0.25, 0.3) is 0 Å². The number of halogens is 1. The van der Waals surface area contributed by atoms with E-state index in [2.05, 4.69) is 0 Å². The summed E-state index contributed by atoms with van der Waals surface area (Å²) < 4.78 is 15.5. The highest BCUT2D eigenvalue weighted by atomic mass is 35.5. The van der Waals surface area contributed by atoms with Crippen molar-refractivity contribution in [1.82, 2.24) is 0 Å². The predicted molar refractivity (Wildman–Crippen MR) is 44.2 cm³/mol. The molecule has 0 heterocycles. The van der Waals surface area contributed by atoms with Crippen LogP contribution in [0.2, 0.25) is 0 Å². The van der Waals surface area contributed by atoms with Gasteiger partial charge >= 0.3 is 0 Å². The first-order valence-corrected chi connectivity index (χ1v) is 4.69. The van der Waals surface area contributed by atoms with E-state index < -0.39 is 11.1 Å². The van der Waals surface area contributed by atoms with Crippen LogP contribution in [0.15, 0.2) is 11.8 Å². The highest BCUT2D eigenvalue weighted by Gasteiger charge is 1.94. The third-order valence-electron chi connectivity index (χ3n) is 0.635. The van der Waals surface area contributed by atoms with E-state index in [0.717, 1.165) is 5.57 Å². The zero-order valence-electron chi connectivity index (χ0n) is 6.09. The largest absolute Gasteiger partial charge is 0.409 e. The summed E-state index contributed by atoms with van der Waals surface area (Å²) in [5.74, 6) is 0.745. The molecule has 0 N–H and O–H groups in total. The number of allylic oxidation sites excluding steroid dienone is 1. The van der Waals surface area contributed by atoms with Crippen LogP contribution in [0.4, 0.5) is 0 Å². The van der Waals surface area contributed by atoms with E-state index in [0.29, 0.717) is 11.6 Å². The zero-order chi connectivity index (χ0) is 7.98. The van der Waals surface area contributed by atoms with Gasteiger partial charge in [-0.3, -0.25) is 0 Å². The van der Waals surface area contributed by atoms with Crippen molar-refractivity contribution in [3.8, 4) is 0 Å². The van der Waals surface area contributed by atoms with Gasteiger partial charge in [0.05, 0.1) is 5.75 Å². The highest BCUT2D eigenvalue weighted by Crippen LogP contribution is 1.94. The van der Waals surface area contributed by atoms with Crippen LogP contribution >= 0.6 is 11.6 Å². The van der Waals surface area contributed by atoms with Gasteiger partial charge < -0.3 is 4.18 Å². The van der Waals surface area contributed by atoms with Crippen LogP contribution in [0.1, 0.15) is 13.8 Å². The van der Waals surface area contributed by atoms with E-state index in [9.17, 15) is 4.21 Å². The summed E-state index contributed by atoms with van der Waals surface area (Å²) in [4.78, 5) is 0. The Morgan fingerprint density at radius 3 is 2.70 bits per heavy atom. The highest BCUT2D eigenvalue weighted by molar-refractivity contribution is 7.80. The third-order valence-corrected chi connectivity index (χ3v) is 1.90. The summed E-state index contributed by atoms with van der Waals surface area (Å²) in [6, 6.07) is 0. The van der Waals surface area contributed by atoms with Crippen LogP contribution in [0.3, 0.4) is 0 Å². The van der Waals surface area contributed by atoms with Crippen molar-refractivity contribution in [2.24, 2.45) is 0 Å². The molecule has 1 atom stereocenters. The average molecular weight is 183 g/mol. The van der Waals surface area contributed by atoms with E-state index >= 15 is 0 Å². The van der Waals surface area contributed by atoms with Crippen molar-refractivity contribution >= 4 is 22.7 Å². The van der Waals surface area contributed by atoms with E-state index in [1.54, 1.807) is 0 Å². The minimum atomic E-state index is -1.25. The van der Waals surface area contributed by atoms with Gasteiger partial charge in [-0.15, -0.1) is 11.6 Å². The Hall–Kier alpha value is -0.0200. The molecule has 0 aromatic heterocycles. The molecular formula is C6H11ClO2S. The van der Waals surface area contributed by atoms with Crippen molar-refractivity contribution in [3.05, 3.63) is 11.8 Å². The molecule has 0 aliphatic rings. The SMILES string of the molecule is CC(C)=COS(=O)CCCl. The minimum absolute atomic E-state index is 0.364. The van der Waals surface area contributed by atoms with E-state index in [1.807, 2.05) is 13.8 Å². The standard InChI is InChI=1S/C6H11ClO2S/c1-6(2)5-9-10(8)4-3-7/h5H,3-4H2,1-2H3. The summed E-state index contributed by atoms with van der Waals surface area (Å²) in [6.45, 7) is 3.75. The third kappa shape index (κ3) is 6.11. The molecule has 60 valence electrons. The second-order valence-corrected chi connectivity index (χ2v) is 3.57. The molecule has 0 aromatic carbocycles. The topological polar surface area (TPSA) is 26.3 Å². The van der Waals surface area contributed by atoms with Crippen LogP contribution in [-0.2, 0) is 15.3 Å². The summed E-state index contributed by atoms with van der Waals surface area (Å²) >= 11 is 4.07.